The Kier molecular flexibility index (Phi) is 3.13. The average Bonchev–Trinajstić information content (AvgIpc) is 3.37. The van der Waals surface area contributed by atoms with Crippen LogP contribution in [0, 0.1) is 0 Å². The van der Waals surface area contributed by atoms with E-state index in [-0.39, 0.29) is 0 Å². The summed E-state index contributed by atoms with van der Waals surface area (Å²) in [6.07, 6.45) is 4.80. The van der Waals surface area contributed by atoms with Gasteiger partial charge in [0.15, 0.2) is 0 Å². The maximum atomic E-state index is 5.29. The Morgan fingerprint density at radius 1 is 1.08 bits per heavy atom. The van der Waals surface area contributed by atoms with E-state index in [0.717, 1.165) is 5.75 Å². The second kappa shape index (κ2) is 5.35. The molecule has 0 unspecified atom stereocenters. The fourth-order valence-electron chi connectivity index (χ4n) is 3.87. The van der Waals surface area contributed by atoms with Gasteiger partial charge in [0.2, 0.25) is 5.71 Å². The SMILES string of the molecule is COc1ccc(-c2csc3c2-n2cccc2C3=[N+]2CCCC2)cc1. The predicted octanol–water partition coefficient (Wildman–Crippen LogP) is 4.17. The van der Waals surface area contributed by atoms with Crippen molar-refractivity contribution in [3.05, 3.63) is 58.5 Å². The van der Waals surface area contributed by atoms with Crippen molar-refractivity contribution < 1.29 is 9.31 Å². The van der Waals surface area contributed by atoms with E-state index in [4.69, 9.17) is 4.74 Å². The van der Waals surface area contributed by atoms with Crippen LogP contribution >= 0.6 is 11.3 Å². The van der Waals surface area contributed by atoms with Crippen molar-refractivity contribution in [3.63, 3.8) is 0 Å². The monoisotopic (exact) mass is 335 g/mol. The number of benzene rings is 1. The smallest absolute Gasteiger partial charge is 0.243 e. The first-order chi connectivity index (χ1) is 11.9. The Morgan fingerprint density at radius 3 is 2.62 bits per heavy atom. The zero-order valence-corrected chi connectivity index (χ0v) is 14.5. The van der Waals surface area contributed by atoms with Crippen molar-refractivity contribution in [3.8, 4) is 22.6 Å². The first-order valence-electron chi connectivity index (χ1n) is 8.43. The summed E-state index contributed by atoms with van der Waals surface area (Å²) in [5, 5.41) is 2.30. The Bertz CT molecular complexity index is 938. The van der Waals surface area contributed by atoms with Crippen LogP contribution < -0.4 is 4.74 Å². The largest absolute Gasteiger partial charge is 0.497 e. The molecule has 2 aromatic heterocycles. The minimum atomic E-state index is 0.900. The summed E-state index contributed by atoms with van der Waals surface area (Å²) >= 11 is 1.87. The zero-order chi connectivity index (χ0) is 16.1. The summed E-state index contributed by atoms with van der Waals surface area (Å²) in [6.45, 7) is 2.35. The fraction of sp³-hybridized carbons (Fsp3) is 0.250. The van der Waals surface area contributed by atoms with Crippen LogP contribution in [0.2, 0.25) is 0 Å². The zero-order valence-electron chi connectivity index (χ0n) is 13.7. The molecule has 1 aromatic carbocycles. The van der Waals surface area contributed by atoms with Crippen LogP contribution in [0.1, 0.15) is 23.4 Å². The molecule has 1 saturated heterocycles. The highest BCUT2D eigenvalue weighted by Crippen LogP contribution is 2.41. The lowest BCUT2D eigenvalue weighted by molar-refractivity contribution is -0.504. The number of ether oxygens (including phenoxy) is 1. The molecule has 24 heavy (non-hydrogen) atoms. The predicted molar refractivity (Wildman–Crippen MR) is 98.1 cm³/mol. The van der Waals surface area contributed by atoms with Gasteiger partial charge in [0.05, 0.1) is 12.8 Å². The molecule has 3 nitrogen and oxygen atoms in total. The molecule has 120 valence electrons. The number of fused-ring (bicyclic) bond motifs is 3. The van der Waals surface area contributed by atoms with Crippen LogP contribution in [0.3, 0.4) is 0 Å². The van der Waals surface area contributed by atoms with Gasteiger partial charge < -0.3 is 9.30 Å². The van der Waals surface area contributed by atoms with E-state index in [9.17, 15) is 0 Å². The molecule has 4 heteroatoms. The minimum Gasteiger partial charge on any atom is -0.497 e. The standard InChI is InChI=1S/C20H19N2OS/c1-23-15-8-6-14(7-9-15)16-13-24-20-18(16)22-12-4-5-17(22)19(20)21-10-2-3-11-21/h4-9,12-13H,2-3,10-11H2,1H3/q+1. The van der Waals surface area contributed by atoms with E-state index in [1.54, 1.807) is 7.11 Å². The van der Waals surface area contributed by atoms with Crippen LogP contribution in [0.4, 0.5) is 0 Å². The molecule has 0 N–H and O–H groups in total. The normalized spacial score (nSPS) is 15.7. The van der Waals surface area contributed by atoms with Gasteiger partial charge in [-0.2, -0.15) is 0 Å². The quantitative estimate of drug-likeness (QED) is 0.503. The third-order valence-corrected chi connectivity index (χ3v) is 6.01. The van der Waals surface area contributed by atoms with Gasteiger partial charge in [0, 0.05) is 30.0 Å². The summed E-state index contributed by atoms with van der Waals surface area (Å²) in [5.41, 5.74) is 6.66. The summed E-state index contributed by atoms with van der Waals surface area (Å²) in [7, 11) is 1.71. The molecule has 0 aliphatic carbocycles. The molecular weight excluding hydrogens is 316 g/mol. The second-order valence-electron chi connectivity index (χ2n) is 6.36. The highest BCUT2D eigenvalue weighted by molar-refractivity contribution is 7.13. The van der Waals surface area contributed by atoms with Crippen molar-refractivity contribution in [2.75, 3.05) is 20.2 Å². The third kappa shape index (κ3) is 1.93. The van der Waals surface area contributed by atoms with Crippen molar-refractivity contribution >= 4 is 17.0 Å². The van der Waals surface area contributed by atoms with Crippen LogP contribution in [-0.4, -0.2) is 35.1 Å². The lowest BCUT2D eigenvalue weighted by Crippen LogP contribution is -2.18. The van der Waals surface area contributed by atoms with Gasteiger partial charge in [-0.1, -0.05) is 12.1 Å². The molecule has 0 amide bonds. The Hall–Kier alpha value is -2.33. The first kappa shape index (κ1) is 14.1. The number of thiophene rings is 1. The van der Waals surface area contributed by atoms with Crippen LogP contribution in [0.5, 0.6) is 5.75 Å². The Labute approximate surface area is 145 Å². The second-order valence-corrected chi connectivity index (χ2v) is 7.24. The highest BCUT2D eigenvalue weighted by atomic mass is 32.1. The van der Waals surface area contributed by atoms with Crippen LogP contribution in [0.25, 0.3) is 16.8 Å². The molecule has 0 atom stereocenters. The first-order valence-corrected chi connectivity index (χ1v) is 9.31. The maximum Gasteiger partial charge on any atom is 0.243 e. The highest BCUT2D eigenvalue weighted by Gasteiger charge is 2.36. The number of methoxy groups -OCH3 is 1. The Balaban J connectivity index is 1.71. The average molecular weight is 335 g/mol. The summed E-state index contributed by atoms with van der Waals surface area (Å²) < 4.78 is 10.2. The van der Waals surface area contributed by atoms with Gasteiger partial charge in [-0.05, 0) is 29.8 Å². The molecule has 2 aliphatic rings. The number of aromatic nitrogens is 1. The lowest BCUT2D eigenvalue weighted by Gasteiger charge is -2.05. The van der Waals surface area contributed by atoms with Crippen LogP contribution in [0.15, 0.2) is 48.0 Å². The number of rotatable bonds is 2. The Morgan fingerprint density at radius 2 is 1.88 bits per heavy atom. The van der Waals surface area contributed by atoms with Gasteiger partial charge in [-0.25, -0.2) is 4.58 Å². The van der Waals surface area contributed by atoms with Gasteiger partial charge in [0.1, 0.15) is 29.4 Å². The van der Waals surface area contributed by atoms with E-state index in [1.807, 2.05) is 23.5 Å². The molecule has 4 heterocycles. The van der Waals surface area contributed by atoms with E-state index in [1.165, 1.54) is 59.0 Å². The van der Waals surface area contributed by atoms with Gasteiger partial charge >= 0.3 is 0 Å². The molecule has 0 saturated carbocycles. The molecule has 2 aliphatic heterocycles. The van der Waals surface area contributed by atoms with Crippen molar-refractivity contribution in [2.45, 2.75) is 12.8 Å². The van der Waals surface area contributed by atoms with E-state index < -0.39 is 0 Å². The summed E-state index contributed by atoms with van der Waals surface area (Å²) in [5.74, 6) is 0.900. The summed E-state index contributed by atoms with van der Waals surface area (Å²) in [4.78, 5) is 1.42. The lowest BCUT2D eigenvalue weighted by atomic mass is 10.1. The van der Waals surface area contributed by atoms with E-state index in [2.05, 4.69) is 45.0 Å². The molecule has 0 radical (unpaired) electrons. The molecule has 0 spiro atoms. The third-order valence-electron chi connectivity index (χ3n) is 5.04. The van der Waals surface area contributed by atoms with E-state index in [0.29, 0.717) is 0 Å². The maximum absolute atomic E-state index is 5.29. The minimum absolute atomic E-state index is 0.900. The van der Waals surface area contributed by atoms with Crippen LogP contribution in [-0.2, 0) is 0 Å². The van der Waals surface area contributed by atoms with Crippen molar-refractivity contribution in [2.24, 2.45) is 0 Å². The van der Waals surface area contributed by atoms with Gasteiger partial charge in [0.25, 0.3) is 0 Å². The van der Waals surface area contributed by atoms with E-state index >= 15 is 0 Å². The van der Waals surface area contributed by atoms with Crippen molar-refractivity contribution in [1.29, 1.82) is 0 Å². The molecule has 3 aromatic rings. The molecule has 5 rings (SSSR count). The molecule has 0 bridgehead atoms. The molecule has 1 fully saturated rings. The van der Waals surface area contributed by atoms with Gasteiger partial charge in [-0.3, -0.25) is 0 Å². The van der Waals surface area contributed by atoms with Gasteiger partial charge in [-0.15, -0.1) is 11.3 Å². The number of hydrogen-bond acceptors (Lipinski definition) is 2. The van der Waals surface area contributed by atoms with Crippen molar-refractivity contribution in [1.82, 2.24) is 4.57 Å². The molecular formula is C20H19N2OS+. The number of hydrogen-bond donors (Lipinski definition) is 0. The fourth-order valence-corrected chi connectivity index (χ4v) is 5.01. The summed E-state index contributed by atoms with van der Waals surface area (Å²) in [6, 6.07) is 12.8. The topological polar surface area (TPSA) is 17.2 Å². The number of nitrogens with zero attached hydrogens (tertiary/aromatic N) is 2.